The molecular formula is C70H132O6. The van der Waals surface area contributed by atoms with Crippen molar-refractivity contribution in [2.75, 3.05) is 13.2 Å². The molecule has 0 fully saturated rings. The molecule has 0 aliphatic rings. The molecule has 0 radical (unpaired) electrons. The van der Waals surface area contributed by atoms with Crippen molar-refractivity contribution >= 4 is 17.9 Å². The van der Waals surface area contributed by atoms with Gasteiger partial charge < -0.3 is 14.2 Å². The Morgan fingerprint density at radius 2 is 0.434 bits per heavy atom. The SMILES string of the molecule is CCCCCCCCC/C=C\CCCCCCCC(=O)OC(COC(=O)CCCCCCCCCCCCCCCCC)COC(=O)CCCCCCCCCCCCCCCCC/C=C\CCCCCCCCCC. The molecule has 6 heteroatoms. The Hall–Kier alpha value is -2.11. The van der Waals surface area contributed by atoms with E-state index < -0.39 is 6.10 Å². The summed E-state index contributed by atoms with van der Waals surface area (Å²) in [6, 6.07) is 0. The number of carbonyl (C=O) groups is 3. The first-order valence-corrected chi connectivity index (χ1v) is 34.3. The predicted molar refractivity (Wildman–Crippen MR) is 330 cm³/mol. The van der Waals surface area contributed by atoms with Crippen molar-refractivity contribution in [1.29, 1.82) is 0 Å². The van der Waals surface area contributed by atoms with Crippen LogP contribution in [0.2, 0.25) is 0 Å². The van der Waals surface area contributed by atoms with Crippen LogP contribution in [0.1, 0.15) is 387 Å². The van der Waals surface area contributed by atoms with E-state index in [4.69, 9.17) is 14.2 Å². The molecule has 0 saturated heterocycles. The molecule has 1 atom stereocenters. The lowest BCUT2D eigenvalue weighted by atomic mass is 10.0. The van der Waals surface area contributed by atoms with Gasteiger partial charge in [0.05, 0.1) is 0 Å². The standard InChI is InChI=1S/C70H132O6/c1-4-7-10-13-16-19-22-25-28-30-31-32-33-34-35-36-37-38-39-40-43-45-48-51-54-57-60-63-69(72)75-66-67(65-74-68(71)62-59-56-53-50-47-44-41-27-24-21-18-15-12-9-6-3)76-70(73)64-61-58-55-52-49-46-42-29-26-23-20-17-14-11-8-5-2/h29-31,42,67H,4-28,32-41,43-66H2,1-3H3/b31-30-,42-29-. The van der Waals surface area contributed by atoms with Crippen LogP contribution < -0.4 is 0 Å². The van der Waals surface area contributed by atoms with Crippen LogP contribution >= 0.6 is 0 Å². The van der Waals surface area contributed by atoms with Crippen molar-refractivity contribution in [2.24, 2.45) is 0 Å². The van der Waals surface area contributed by atoms with Crippen molar-refractivity contribution in [3.8, 4) is 0 Å². The maximum Gasteiger partial charge on any atom is 0.306 e. The summed E-state index contributed by atoms with van der Waals surface area (Å²) in [4.78, 5) is 38.4. The Morgan fingerprint density at radius 3 is 0.658 bits per heavy atom. The van der Waals surface area contributed by atoms with E-state index >= 15 is 0 Å². The molecule has 0 spiro atoms. The highest BCUT2D eigenvalue weighted by Crippen LogP contribution is 2.18. The number of allylic oxidation sites excluding steroid dienone is 4. The van der Waals surface area contributed by atoms with Crippen LogP contribution in [0.25, 0.3) is 0 Å². The summed E-state index contributed by atoms with van der Waals surface area (Å²) < 4.78 is 17.0. The van der Waals surface area contributed by atoms with E-state index in [0.717, 1.165) is 64.2 Å². The van der Waals surface area contributed by atoms with Gasteiger partial charge in [0.15, 0.2) is 6.10 Å². The van der Waals surface area contributed by atoms with Gasteiger partial charge in [0.1, 0.15) is 13.2 Å². The second-order valence-electron chi connectivity index (χ2n) is 23.4. The Labute approximate surface area is 474 Å². The molecule has 0 N–H and O–H groups in total. The van der Waals surface area contributed by atoms with Gasteiger partial charge in [-0.25, -0.2) is 0 Å². The lowest BCUT2D eigenvalue weighted by Crippen LogP contribution is -2.30. The van der Waals surface area contributed by atoms with Gasteiger partial charge in [-0.2, -0.15) is 0 Å². The minimum atomic E-state index is -0.772. The van der Waals surface area contributed by atoms with Crippen LogP contribution in [0.4, 0.5) is 0 Å². The maximum absolute atomic E-state index is 12.9. The number of hydrogen-bond donors (Lipinski definition) is 0. The van der Waals surface area contributed by atoms with E-state index in [1.54, 1.807) is 0 Å². The van der Waals surface area contributed by atoms with Gasteiger partial charge >= 0.3 is 17.9 Å². The zero-order valence-electron chi connectivity index (χ0n) is 51.6. The summed E-state index contributed by atoms with van der Waals surface area (Å²) in [5.74, 6) is -0.847. The van der Waals surface area contributed by atoms with Crippen LogP contribution in [-0.2, 0) is 28.6 Å². The zero-order chi connectivity index (χ0) is 55.0. The third-order valence-corrected chi connectivity index (χ3v) is 15.7. The molecule has 0 bridgehead atoms. The molecule has 0 aliphatic carbocycles. The number of esters is 3. The van der Waals surface area contributed by atoms with Crippen LogP contribution in [0, 0.1) is 0 Å². The lowest BCUT2D eigenvalue weighted by Gasteiger charge is -2.18. The van der Waals surface area contributed by atoms with Gasteiger partial charge in [-0.05, 0) is 70.6 Å². The van der Waals surface area contributed by atoms with E-state index in [1.807, 2.05) is 0 Å². The number of hydrogen-bond acceptors (Lipinski definition) is 6. The van der Waals surface area contributed by atoms with Crippen molar-refractivity contribution in [3.05, 3.63) is 24.3 Å². The molecule has 0 heterocycles. The molecule has 0 rings (SSSR count). The third-order valence-electron chi connectivity index (χ3n) is 15.7. The van der Waals surface area contributed by atoms with Gasteiger partial charge in [0.25, 0.3) is 0 Å². The molecule has 1 unspecified atom stereocenters. The van der Waals surface area contributed by atoms with E-state index in [-0.39, 0.29) is 31.1 Å². The number of rotatable bonds is 64. The monoisotopic (exact) mass is 1070 g/mol. The van der Waals surface area contributed by atoms with Crippen LogP contribution in [0.5, 0.6) is 0 Å². The maximum atomic E-state index is 12.9. The number of carbonyl (C=O) groups excluding carboxylic acids is 3. The molecule has 76 heavy (non-hydrogen) atoms. The van der Waals surface area contributed by atoms with E-state index in [0.29, 0.717) is 19.3 Å². The fourth-order valence-electron chi connectivity index (χ4n) is 10.5. The largest absolute Gasteiger partial charge is 0.462 e. The second-order valence-corrected chi connectivity index (χ2v) is 23.4. The molecule has 6 nitrogen and oxygen atoms in total. The fourth-order valence-corrected chi connectivity index (χ4v) is 10.5. The molecule has 0 aromatic carbocycles. The third kappa shape index (κ3) is 62.7. The molecule has 0 saturated carbocycles. The topological polar surface area (TPSA) is 78.9 Å². The first kappa shape index (κ1) is 73.9. The Kier molecular flexibility index (Phi) is 63.6. The zero-order valence-corrected chi connectivity index (χ0v) is 51.6. The lowest BCUT2D eigenvalue weighted by molar-refractivity contribution is -0.167. The van der Waals surface area contributed by atoms with Crippen LogP contribution in [0.15, 0.2) is 24.3 Å². The van der Waals surface area contributed by atoms with E-state index in [9.17, 15) is 14.4 Å². The highest BCUT2D eigenvalue weighted by molar-refractivity contribution is 5.71. The first-order valence-electron chi connectivity index (χ1n) is 34.3. The quantitative estimate of drug-likeness (QED) is 0.0261. The molecule has 0 aliphatic heterocycles. The van der Waals surface area contributed by atoms with E-state index in [1.165, 1.54) is 283 Å². The van der Waals surface area contributed by atoms with Crippen molar-refractivity contribution in [1.82, 2.24) is 0 Å². The first-order chi connectivity index (χ1) is 37.5. The fraction of sp³-hybridized carbons (Fsp3) is 0.900. The highest BCUT2D eigenvalue weighted by Gasteiger charge is 2.19. The average molecular weight is 1070 g/mol. The Bertz CT molecular complexity index is 1230. The summed E-state index contributed by atoms with van der Waals surface area (Å²) in [5, 5.41) is 0. The van der Waals surface area contributed by atoms with Crippen LogP contribution in [0.3, 0.4) is 0 Å². The molecule has 0 amide bonds. The smallest absolute Gasteiger partial charge is 0.306 e. The molecule has 0 aromatic rings. The summed E-state index contributed by atoms with van der Waals surface area (Å²) in [6.07, 6.45) is 79.2. The number of ether oxygens (including phenoxy) is 3. The van der Waals surface area contributed by atoms with Gasteiger partial charge in [-0.15, -0.1) is 0 Å². The summed E-state index contributed by atoms with van der Waals surface area (Å²) in [7, 11) is 0. The Balaban J connectivity index is 4.21. The van der Waals surface area contributed by atoms with Gasteiger partial charge in [0, 0.05) is 19.3 Å². The predicted octanol–water partition coefficient (Wildman–Crippen LogP) is 23.4. The van der Waals surface area contributed by atoms with Crippen molar-refractivity contribution in [3.63, 3.8) is 0 Å². The van der Waals surface area contributed by atoms with Crippen molar-refractivity contribution in [2.45, 2.75) is 393 Å². The highest BCUT2D eigenvalue weighted by atomic mass is 16.6. The summed E-state index contributed by atoms with van der Waals surface area (Å²) >= 11 is 0. The molecule has 0 aromatic heterocycles. The second kappa shape index (κ2) is 65.4. The number of unbranched alkanes of at least 4 members (excludes halogenated alkanes) is 49. The summed E-state index contributed by atoms with van der Waals surface area (Å²) in [5.41, 5.74) is 0. The minimum Gasteiger partial charge on any atom is -0.462 e. The molecule has 448 valence electrons. The Morgan fingerprint density at radius 1 is 0.250 bits per heavy atom. The van der Waals surface area contributed by atoms with Gasteiger partial charge in [-0.3, -0.25) is 14.4 Å². The summed E-state index contributed by atoms with van der Waals surface area (Å²) in [6.45, 7) is 6.70. The molecular weight excluding hydrogens is 937 g/mol. The normalized spacial score (nSPS) is 12.1. The van der Waals surface area contributed by atoms with Gasteiger partial charge in [0.2, 0.25) is 0 Å². The van der Waals surface area contributed by atoms with Gasteiger partial charge in [-0.1, -0.05) is 321 Å². The minimum absolute atomic E-state index is 0.0686. The van der Waals surface area contributed by atoms with E-state index in [2.05, 4.69) is 45.1 Å². The van der Waals surface area contributed by atoms with Crippen LogP contribution in [-0.4, -0.2) is 37.2 Å². The van der Waals surface area contributed by atoms with Crippen molar-refractivity contribution < 1.29 is 28.6 Å². The average Bonchev–Trinajstić information content (AvgIpc) is 3.42.